The molecular formula is C29H26BF2N3. The van der Waals surface area contributed by atoms with Crippen LogP contribution in [0.1, 0.15) is 37.4 Å². The number of aromatic amines is 1. The number of para-hydroxylation sites is 2. The Morgan fingerprint density at radius 2 is 1.66 bits per heavy atom. The second kappa shape index (κ2) is 7.17. The molecule has 1 N–H and O–H groups in total. The van der Waals surface area contributed by atoms with Crippen LogP contribution in [0, 0.1) is 6.92 Å². The van der Waals surface area contributed by atoms with Crippen LogP contribution in [0.4, 0.5) is 8.63 Å². The van der Waals surface area contributed by atoms with Gasteiger partial charge in [0.15, 0.2) is 5.69 Å². The molecule has 0 fully saturated rings. The maximum absolute atomic E-state index is 16.5. The van der Waals surface area contributed by atoms with Crippen molar-refractivity contribution in [3.63, 3.8) is 0 Å². The first-order chi connectivity index (χ1) is 17.0. The van der Waals surface area contributed by atoms with Gasteiger partial charge in [0.05, 0.1) is 11.1 Å². The summed E-state index contributed by atoms with van der Waals surface area (Å²) in [6.45, 7) is -0.0940. The normalized spacial score (nSPS) is 14.4. The van der Waals surface area contributed by atoms with Gasteiger partial charge in [0.2, 0.25) is 0 Å². The minimum Gasteiger partial charge on any atom is -0.389 e. The smallest absolute Gasteiger partial charge is 0.389 e. The number of benzene rings is 3. The monoisotopic (exact) mass is 465 g/mol. The molecule has 0 atom stereocenters. The molecule has 0 saturated heterocycles. The predicted octanol–water partition coefficient (Wildman–Crippen LogP) is 7.51. The number of pyridine rings is 1. The predicted molar refractivity (Wildman–Crippen MR) is 141 cm³/mol. The average molecular weight is 465 g/mol. The molecule has 0 unspecified atom stereocenters. The number of rotatable bonds is 4. The molecule has 6 aromatic rings. The lowest BCUT2D eigenvalue weighted by Gasteiger charge is -2.31. The van der Waals surface area contributed by atoms with Crippen LogP contribution in [0.2, 0.25) is 0 Å². The number of hydrogen-bond donors (Lipinski definition) is 1. The molecule has 0 amide bonds. The molecule has 3 nitrogen and oxygen atoms in total. The third-order valence-electron chi connectivity index (χ3n) is 7.85. The van der Waals surface area contributed by atoms with Crippen molar-refractivity contribution in [1.82, 2.24) is 9.46 Å². The summed E-state index contributed by atoms with van der Waals surface area (Å²) >= 11 is 0. The molecule has 0 saturated carbocycles. The van der Waals surface area contributed by atoms with E-state index in [0.717, 1.165) is 69.4 Å². The van der Waals surface area contributed by atoms with E-state index in [1.807, 2.05) is 48.5 Å². The molecule has 0 spiro atoms. The third-order valence-corrected chi connectivity index (χ3v) is 7.85. The van der Waals surface area contributed by atoms with Crippen molar-refractivity contribution in [2.75, 3.05) is 0 Å². The molecule has 4 heterocycles. The van der Waals surface area contributed by atoms with Crippen LogP contribution in [-0.2, 0) is 6.42 Å². The minimum absolute atomic E-state index is 0.559. The third kappa shape index (κ3) is 2.57. The Morgan fingerprint density at radius 3 is 2.49 bits per heavy atom. The summed E-state index contributed by atoms with van der Waals surface area (Å²) in [6.07, 6.45) is 4.11. The zero-order valence-electron chi connectivity index (χ0n) is 19.9. The molecule has 1 aliphatic rings. The first-order valence-corrected chi connectivity index (χ1v) is 12.6. The van der Waals surface area contributed by atoms with Gasteiger partial charge in [-0.1, -0.05) is 56.2 Å². The molecule has 0 bridgehead atoms. The van der Waals surface area contributed by atoms with E-state index in [0.29, 0.717) is 22.4 Å². The quantitative estimate of drug-likeness (QED) is 0.206. The van der Waals surface area contributed by atoms with E-state index in [4.69, 9.17) is 0 Å². The van der Waals surface area contributed by atoms with E-state index < -0.39 is 6.97 Å². The number of aromatic nitrogens is 3. The van der Waals surface area contributed by atoms with Crippen LogP contribution in [0.3, 0.4) is 0 Å². The number of nitrogens with zero attached hydrogens (tertiary/aromatic N) is 2. The van der Waals surface area contributed by atoms with Crippen LogP contribution >= 0.6 is 0 Å². The minimum atomic E-state index is -4.07. The summed E-state index contributed by atoms with van der Waals surface area (Å²) in [4.78, 5) is 3.70. The molecule has 0 radical (unpaired) electrons. The van der Waals surface area contributed by atoms with Crippen LogP contribution < -0.4 is 4.48 Å². The van der Waals surface area contributed by atoms with E-state index in [2.05, 4.69) is 24.0 Å². The number of halogens is 2. The van der Waals surface area contributed by atoms with Crippen molar-refractivity contribution in [2.24, 2.45) is 0 Å². The lowest BCUT2D eigenvalue weighted by Crippen LogP contribution is -2.67. The molecule has 3 aromatic heterocycles. The van der Waals surface area contributed by atoms with Gasteiger partial charge in [-0.25, -0.2) is 0 Å². The number of aryl methyl sites for hydroxylation is 2. The van der Waals surface area contributed by atoms with E-state index in [1.165, 1.54) is 8.96 Å². The van der Waals surface area contributed by atoms with Crippen molar-refractivity contribution >= 4 is 50.6 Å². The molecule has 35 heavy (non-hydrogen) atoms. The largest absolute Gasteiger partial charge is 0.737 e. The molecule has 3 aromatic carbocycles. The standard InChI is InChI=1S/C29H26BF2N3/c1-3-4-5-14-21-25-20-13-7-9-16-23(20)35-29(25)27(24-17-10-11-18(2)34(24)30(35,31)32)26-19-12-6-8-15-22(19)33-28(21)26/h6-13,15-17,33H,3-5,14H2,1-2H3. The van der Waals surface area contributed by atoms with Crippen molar-refractivity contribution < 1.29 is 13.1 Å². The number of H-pyrrole nitrogens is 1. The van der Waals surface area contributed by atoms with Crippen LogP contribution in [-0.4, -0.2) is 16.4 Å². The summed E-state index contributed by atoms with van der Waals surface area (Å²) in [5.74, 6) is 0. The lowest BCUT2D eigenvalue weighted by molar-refractivity contribution is -0.564. The zero-order valence-corrected chi connectivity index (χ0v) is 19.9. The van der Waals surface area contributed by atoms with Gasteiger partial charge >= 0.3 is 6.97 Å². The lowest BCUT2D eigenvalue weighted by atomic mass is 9.84. The van der Waals surface area contributed by atoms with Gasteiger partial charge < -0.3 is 22.6 Å². The van der Waals surface area contributed by atoms with Gasteiger partial charge in [0.25, 0.3) is 0 Å². The molecule has 0 aliphatic carbocycles. The first kappa shape index (κ1) is 20.7. The molecular weight excluding hydrogens is 439 g/mol. The fraction of sp³-hybridized carbons (Fsp3) is 0.207. The summed E-state index contributed by atoms with van der Waals surface area (Å²) in [6, 6.07) is 21.5. The van der Waals surface area contributed by atoms with Gasteiger partial charge in [-0.3, -0.25) is 0 Å². The van der Waals surface area contributed by atoms with Crippen LogP contribution in [0.25, 0.3) is 54.9 Å². The molecule has 174 valence electrons. The summed E-state index contributed by atoms with van der Waals surface area (Å²) in [5.41, 5.74) is 6.61. The van der Waals surface area contributed by atoms with Gasteiger partial charge in [0, 0.05) is 57.2 Å². The van der Waals surface area contributed by atoms with E-state index >= 15 is 8.63 Å². The highest BCUT2D eigenvalue weighted by molar-refractivity contribution is 6.60. The zero-order chi connectivity index (χ0) is 23.9. The van der Waals surface area contributed by atoms with E-state index in [9.17, 15) is 0 Å². The van der Waals surface area contributed by atoms with Gasteiger partial charge in [-0.2, -0.15) is 0 Å². The van der Waals surface area contributed by atoms with E-state index in [1.54, 1.807) is 13.0 Å². The van der Waals surface area contributed by atoms with Crippen molar-refractivity contribution in [2.45, 2.75) is 39.5 Å². The second-order valence-electron chi connectivity index (χ2n) is 9.85. The Morgan fingerprint density at radius 1 is 0.886 bits per heavy atom. The summed E-state index contributed by atoms with van der Waals surface area (Å²) in [7, 11) is 0. The summed E-state index contributed by atoms with van der Waals surface area (Å²) in [5, 5.41) is 4.01. The highest BCUT2D eigenvalue weighted by atomic mass is 19.2. The maximum Gasteiger partial charge on any atom is 0.737 e. The van der Waals surface area contributed by atoms with Gasteiger partial charge in [0.1, 0.15) is 5.69 Å². The molecule has 7 rings (SSSR count). The topological polar surface area (TPSA) is 24.6 Å². The number of fused-ring (bicyclic) bond motifs is 9. The van der Waals surface area contributed by atoms with E-state index in [-0.39, 0.29) is 0 Å². The Balaban J connectivity index is 1.81. The van der Waals surface area contributed by atoms with Gasteiger partial charge in [-0.15, -0.1) is 0 Å². The van der Waals surface area contributed by atoms with Crippen molar-refractivity contribution in [1.29, 1.82) is 0 Å². The maximum atomic E-state index is 16.5. The van der Waals surface area contributed by atoms with Crippen molar-refractivity contribution in [3.8, 4) is 11.3 Å². The highest BCUT2D eigenvalue weighted by Gasteiger charge is 2.51. The van der Waals surface area contributed by atoms with Gasteiger partial charge in [-0.05, 0) is 36.6 Å². The average Bonchev–Trinajstić information content (AvgIpc) is 3.40. The molecule has 6 heteroatoms. The number of unbranched alkanes of at least 4 members (excludes halogenated alkanes) is 2. The van der Waals surface area contributed by atoms with Crippen LogP contribution in [0.15, 0.2) is 66.7 Å². The Hall–Kier alpha value is -3.67. The van der Waals surface area contributed by atoms with Crippen molar-refractivity contribution in [3.05, 3.63) is 78.0 Å². The second-order valence-corrected chi connectivity index (χ2v) is 9.85. The number of hydrogen-bond acceptors (Lipinski definition) is 0. The number of nitrogens with one attached hydrogen (secondary N) is 1. The van der Waals surface area contributed by atoms with Crippen LogP contribution in [0.5, 0.6) is 0 Å². The summed E-state index contributed by atoms with van der Waals surface area (Å²) < 4.78 is 35.7. The fourth-order valence-electron chi connectivity index (χ4n) is 6.42. The fourth-order valence-corrected chi connectivity index (χ4v) is 6.42. The Labute approximate surface area is 202 Å². The molecule has 1 aliphatic heterocycles. The Bertz CT molecular complexity index is 1810. The Kier molecular flexibility index (Phi) is 4.24. The first-order valence-electron chi connectivity index (χ1n) is 12.6. The highest BCUT2D eigenvalue weighted by Crippen LogP contribution is 2.48. The SMILES string of the molecule is CCCCCc1c2[nH]c3ccccc3c2c2c3c1c1ccccc1n3[B-](F)(F)[n+]1c(C)cccc1-2.